The number of rotatable bonds is 6. The number of aliphatic carboxylic acids is 1. The average molecular weight is 355 g/mol. The minimum atomic E-state index is -1.81. The summed E-state index contributed by atoms with van der Waals surface area (Å²) < 4.78 is 5.62. The summed E-state index contributed by atoms with van der Waals surface area (Å²) >= 11 is 0. The number of aliphatic hydroxyl groups excluding tert-OH is 3. The van der Waals surface area contributed by atoms with E-state index in [1.165, 1.54) is 6.92 Å². The molecule has 1 fully saturated rings. The summed E-state index contributed by atoms with van der Waals surface area (Å²) in [5.41, 5.74) is -1.81. The Labute approximate surface area is 163 Å². The number of hydrogen-bond acceptors (Lipinski definition) is 7. The van der Waals surface area contributed by atoms with E-state index in [0.29, 0.717) is 0 Å². The number of nitrogens with one attached hydrogen (secondary N) is 1. The molecule has 134 valence electrons. The van der Waals surface area contributed by atoms with Gasteiger partial charge in [0.15, 0.2) is 0 Å². The van der Waals surface area contributed by atoms with Gasteiger partial charge in [0.2, 0.25) is 5.91 Å². The quantitative estimate of drug-likeness (QED) is 0.350. The Hall–Kier alpha value is -0.220. The first-order chi connectivity index (χ1) is 10.6. The van der Waals surface area contributed by atoms with E-state index in [4.69, 9.17) is 4.74 Å². The minimum absolute atomic E-state index is 0. The third-order valence-corrected chi connectivity index (χ3v) is 4.42. The van der Waals surface area contributed by atoms with Crippen LogP contribution in [0.5, 0.6) is 0 Å². The third kappa shape index (κ3) is 4.91. The molecule has 0 aromatic carbocycles. The van der Waals surface area contributed by atoms with Crippen molar-refractivity contribution in [2.24, 2.45) is 5.92 Å². The Morgan fingerprint density at radius 1 is 1.38 bits per heavy atom. The molecule has 1 amide bonds. The molecule has 0 aromatic heterocycles. The van der Waals surface area contributed by atoms with Crippen LogP contribution >= 0.6 is 0 Å². The van der Waals surface area contributed by atoms with E-state index in [1.807, 2.05) is 0 Å². The Kier molecular flexibility index (Phi) is 9.38. The van der Waals surface area contributed by atoms with Gasteiger partial charge in [-0.25, -0.2) is 0 Å². The maximum absolute atomic E-state index is 11.6. The molecule has 0 radical (unpaired) electrons. The molecular weight excluding hydrogens is 329 g/mol. The SMILES string of the molecule is CC[C@@H](O)[C@@H](O)C1OC(C(=O)[O-])(C(C)C)C[C@H](O)[C@H]1NC(C)=O.[Na+]. The van der Waals surface area contributed by atoms with Gasteiger partial charge >= 0.3 is 29.6 Å². The van der Waals surface area contributed by atoms with Crippen LogP contribution in [-0.2, 0) is 14.3 Å². The first-order valence-corrected chi connectivity index (χ1v) is 7.77. The van der Waals surface area contributed by atoms with Crippen molar-refractivity contribution in [3.05, 3.63) is 0 Å². The number of ether oxygens (including phenoxy) is 1. The van der Waals surface area contributed by atoms with Crippen LogP contribution in [0.25, 0.3) is 0 Å². The van der Waals surface area contributed by atoms with Crippen LogP contribution in [0.4, 0.5) is 0 Å². The van der Waals surface area contributed by atoms with E-state index < -0.39 is 53.9 Å². The molecule has 9 heteroatoms. The molecule has 1 saturated heterocycles. The second kappa shape index (κ2) is 9.47. The molecule has 0 saturated carbocycles. The van der Waals surface area contributed by atoms with E-state index in [0.717, 1.165) is 0 Å². The van der Waals surface area contributed by atoms with Crippen LogP contribution in [0.1, 0.15) is 40.5 Å². The summed E-state index contributed by atoms with van der Waals surface area (Å²) in [6.07, 6.45) is -5.29. The number of carboxylic acids is 1. The molecular formula is C15H26NNaO7. The summed E-state index contributed by atoms with van der Waals surface area (Å²) in [7, 11) is 0. The van der Waals surface area contributed by atoms with Crippen molar-refractivity contribution in [3.8, 4) is 0 Å². The summed E-state index contributed by atoms with van der Waals surface area (Å²) in [5, 5.41) is 44.6. The van der Waals surface area contributed by atoms with Gasteiger partial charge in [0.1, 0.15) is 17.8 Å². The van der Waals surface area contributed by atoms with Crippen LogP contribution in [0.3, 0.4) is 0 Å². The number of hydrogen-bond donors (Lipinski definition) is 4. The van der Waals surface area contributed by atoms with Gasteiger partial charge in [0.25, 0.3) is 0 Å². The van der Waals surface area contributed by atoms with Gasteiger partial charge in [0.05, 0.1) is 24.2 Å². The van der Waals surface area contributed by atoms with Crippen molar-refractivity contribution in [1.82, 2.24) is 5.32 Å². The number of carbonyl (C=O) groups excluding carboxylic acids is 2. The molecule has 2 unspecified atom stereocenters. The van der Waals surface area contributed by atoms with Crippen molar-refractivity contribution < 1.29 is 64.3 Å². The van der Waals surface area contributed by atoms with Crippen LogP contribution < -0.4 is 40.0 Å². The molecule has 0 aliphatic carbocycles. The normalized spacial score (nSPS) is 32.6. The molecule has 24 heavy (non-hydrogen) atoms. The minimum Gasteiger partial charge on any atom is -0.547 e. The Balaban J connectivity index is 0.00000529. The van der Waals surface area contributed by atoms with Crippen LogP contribution in [0.15, 0.2) is 0 Å². The molecule has 6 atom stereocenters. The smallest absolute Gasteiger partial charge is 0.547 e. The average Bonchev–Trinajstić information content (AvgIpc) is 2.46. The number of carboxylic acid groups (broad SMARTS) is 1. The summed E-state index contributed by atoms with van der Waals surface area (Å²) in [6.45, 7) is 6.06. The molecule has 1 heterocycles. The van der Waals surface area contributed by atoms with Crippen LogP contribution in [0.2, 0.25) is 0 Å². The van der Waals surface area contributed by atoms with Gasteiger partial charge in [-0.1, -0.05) is 20.8 Å². The topological polar surface area (TPSA) is 139 Å². The molecule has 1 aliphatic heterocycles. The zero-order chi connectivity index (χ0) is 17.9. The Morgan fingerprint density at radius 3 is 2.29 bits per heavy atom. The maximum Gasteiger partial charge on any atom is 1.00 e. The maximum atomic E-state index is 11.6. The van der Waals surface area contributed by atoms with Gasteiger partial charge < -0.3 is 35.3 Å². The number of amides is 1. The van der Waals surface area contributed by atoms with Crippen LogP contribution in [0, 0.1) is 5.92 Å². The van der Waals surface area contributed by atoms with Crippen molar-refractivity contribution in [3.63, 3.8) is 0 Å². The van der Waals surface area contributed by atoms with Crippen molar-refractivity contribution in [2.75, 3.05) is 0 Å². The third-order valence-electron chi connectivity index (χ3n) is 4.42. The van der Waals surface area contributed by atoms with Gasteiger partial charge in [-0.05, 0) is 12.3 Å². The van der Waals surface area contributed by atoms with Crippen molar-refractivity contribution in [1.29, 1.82) is 0 Å². The molecule has 1 aliphatic rings. The molecule has 0 aromatic rings. The fourth-order valence-corrected chi connectivity index (χ4v) is 2.92. The summed E-state index contributed by atoms with van der Waals surface area (Å²) in [4.78, 5) is 23.0. The van der Waals surface area contributed by atoms with Crippen LogP contribution in [-0.4, -0.2) is 63.3 Å². The van der Waals surface area contributed by atoms with Gasteiger partial charge in [-0.3, -0.25) is 4.79 Å². The van der Waals surface area contributed by atoms with Crippen molar-refractivity contribution >= 4 is 11.9 Å². The van der Waals surface area contributed by atoms with Gasteiger partial charge in [-0.2, -0.15) is 0 Å². The monoisotopic (exact) mass is 355 g/mol. The predicted molar refractivity (Wildman–Crippen MR) is 78.0 cm³/mol. The fraction of sp³-hybridized carbons (Fsp3) is 0.867. The zero-order valence-electron chi connectivity index (χ0n) is 14.9. The second-order valence-electron chi connectivity index (χ2n) is 6.38. The first-order valence-electron chi connectivity index (χ1n) is 7.77. The summed E-state index contributed by atoms with van der Waals surface area (Å²) in [5.74, 6) is -2.52. The van der Waals surface area contributed by atoms with E-state index in [1.54, 1.807) is 20.8 Å². The second-order valence-corrected chi connectivity index (χ2v) is 6.38. The van der Waals surface area contributed by atoms with E-state index in [2.05, 4.69) is 5.32 Å². The predicted octanol–water partition coefficient (Wildman–Crippen LogP) is -5.08. The van der Waals surface area contributed by atoms with Crippen molar-refractivity contribution in [2.45, 2.75) is 76.6 Å². The van der Waals surface area contributed by atoms with E-state index in [9.17, 15) is 30.0 Å². The summed E-state index contributed by atoms with van der Waals surface area (Å²) in [6, 6.07) is -1.03. The molecule has 8 nitrogen and oxygen atoms in total. The largest absolute Gasteiger partial charge is 1.00 e. The van der Waals surface area contributed by atoms with E-state index >= 15 is 0 Å². The fourth-order valence-electron chi connectivity index (χ4n) is 2.92. The first kappa shape index (κ1) is 23.8. The molecule has 1 rings (SSSR count). The van der Waals surface area contributed by atoms with Gasteiger partial charge in [-0.15, -0.1) is 0 Å². The zero-order valence-corrected chi connectivity index (χ0v) is 16.9. The number of aliphatic hydroxyl groups is 3. The van der Waals surface area contributed by atoms with E-state index in [-0.39, 0.29) is 42.4 Å². The standard InChI is InChI=1S/C15H27NO7.Na/c1-5-9(18)12(20)13-11(16-8(4)17)10(19)6-15(23-13,7(2)3)14(21)22;/h7,9-13,18-20H,5-6H2,1-4H3,(H,16,17)(H,21,22);/q;+1/p-1/t9-,10+,11-,12-,13?,15?;/m1./s1. The molecule has 4 N–H and O–H groups in total. The Morgan fingerprint density at radius 2 is 1.92 bits per heavy atom. The Bertz CT molecular complexity index is 448. The van der Waals surface area contributed by atoms with Gasteiger partial charge in [0, 0.05) is 13.3 Å². The molecule has 0 spiro atoms. The number of carbonyl (C=O) groups is 2. The molecule has 0 bridgehead atoms.